The highest BCUT2D eigenvalue weighted by Gasteiger charge is 2.53. The van der Waals surface area contributed by atoms with Crippen molar-refractivity contribution in [3.8, 4) is 11.5 Å². The number of aromatic nitrogens is 1. The van der Waals surface area contributed by atoms with Crippen molar-refractivity contribution in [2.45, 2.75) is 0 Å². The van der Waals surface area contributed by atoms with E-state index < -0.39 is 8.07 Å². The maximum atomic E-state index is 6.61. The van der Waals surface area contributed by atoms with Crippen LogP contribution in [-0.2, 0) is 0 Å². The zero-order valence-electron chi connectivity index (χ0n) is 24.8. The SMILES string of the molecule is c1ccc2c(c1)Oc1ccccc1[Si]21c2ccccc2N(c2cc3c4ccccc4n4c5ccccc5c(c2)c34)c2ccccc21. The highest BCUT2D eigenvalue weighted by Crippen LogP contribution is 2.46. The molecule has 0 atom stereocenters. The molecule has 4 heteroatoms. The van der Waals surface area contributed by atoms with Crippen molar-refractivity contribution in [1.82, 2.24) is 4.40 Å². The molecule has 0 bridgehead atoms. The molecule has 2 aromatic heterocycles. The predicted octanol–water partition coefficient (Wildman–Crippen LogP) is 8.10. The third-order valence-corrected chi connectivity index (χ3v) is 15.3. The third-order valence-electron chi connectivity index (χ3n) is 10.3. The number of ether oxygens (including phenoxy) is 1. The van der Waals surface area contributed by atoms with Gasteiger partial charge in [-0.15, -0.1) is 0 Å². The van der Waals surface area contributed by atoms with Gasteiger partial charge in [0, 0.05) is 38.6 Å². The fourth-order valence-corrected chi connectivity index (χ4v) is 14.0. The first-order valence-electron chi connectivity index (χ1n) is 15.9. The lowest BCUT2D eigenvalue weighted by Gasteiger charge is -2.47. The Morgan fingerprint density at radius 3 is 1.39 bits per heavy atom. The van der Waals surface area contributed by atoms with E-state index in [9.17, 15) is 0 Å². The monoisotopic (exact) mass is 602 g/mol. The molecule has 3 nitrogen and oxygen atoms in total. The summed E-state index contributed by atoms with van der Waals surface area (Å²) < 4.78 is 9.07. The van der Waals surface area contributed by atoms with Gasteiger partial charge >= 0.3 is 0 Å². The van der Waals surface area contributed by atoms with Crippen LogP contribution in [0.2, 0.25) is 0 Å². The molecule has 7 aromatic carbocycles. The standard InChI is InChI=1S/C42H26N2OSi/c1-3-15-32-28(13-1)30-25-27(26-31-29-14-2-4-16-33(29)44(32)42(30)31)43-34-17-5-9-21-38(34)46(39-22-10-6-18-35(39)43)40-23-11-7-19-36(40)45-37-20-8-12-24-41(37)46/h1-26H. The van der Waals surface area contributed by atoms with E-state index in [1.807, 2.05) is 0 Å². The highest BCUT2D eigenvalue weighted by molar-refractivity contribution is 7.22. The minimum Gasteiger partial charge on any atom is -0.458 e. The molecule has 0 fully saturated rings. The number of fused-ring (bicyclic) bond motifs is 14. The van der Waals surface area contributed by atoms with Crippen LogP contribution < -0.4 is 30.4 Å². The predicted molar refractivity (Wildman–Crippen MR) is 193 cm³/mol. The largest absolute Gasteiger partial charge is 0.458 e. The van der Waals surface area contributed by atoms with Crippen molar-refractivity contribution in [3.05, 3.63) is 158 Å². The van der Waals surface area contributed by atoms with Gasteiger partial charge in [0.05, 0.1) is 16.6 Å². The van der Waals surface area contributed by atoms with Crippen LogP contribution in [0.15, 0.2) is 158 Å². The number of benzene rings is 7. The van der Waals surface area contributed by atoms with Gasteiger partial charge in [-0.1, -0.05) is 109 Å². The second kappa shape index (κ2) is 8.66. The summed E-state index contributed by atoms with van der Waals surface area (Å²) in [5.41, 5.74) is 7.45. The molecular formula is C42H26N2OSi. The Bertz CT molecular complexity index is 2530. The van der Waals surface area contributed by atoms with E-state index in [0.29, 0.717) is 0 Å². The molecule has 11 rings (SSSR count). The van der Waals surface area contributed by atoms with E-state index in [1.54, 1.807) is 0 Å². The van der Waals surface area contributed by atoms with Crippen molar-refractivity contribution in [2.75, 3.05) is 4.90 Å². The molecule has 0 unspecified atom stereocenters. The molecule has 0 radical (unpaired) electrons. The van der Waals surface area contributed by atoms with E-state index >= 15 is 0 Å². The Kier molecular flexibility index (Phi) is 4.61. The smallest absolute Gasteiger partial charge is 0.192 e. The summed E-state index contributed by atoms with van der Waals surface area (Å²) in [5, 5.41) is 10.5. The highest BCUT2D eigenvalue weighted by atomic mass is 28.3. The first-order chi connectivity index (χ1) is 22.8. The normalized spacial score (nSPS) is 14.4. The van der Waals surface area contributed by atoms with Gasteiger partial charge < -0.3 is 14.0 Å². The second-order valence-electron chi connectivity index (χ2n) is 12.5. The lowest BCUT2D eigenvalue weighted by atomic mass is 10.1. The molecular weight excluding hydrogens is 577 g/mol. The number of para-hydroxylation sites is 6. The van der Waals surface area contributed by atoms with E-state index in [0.717, 1.165) is 11.5 Å². The van der Waals surface area contributed by atoms with Crippen LogP contribution in [0.4, 0.5) is 17.1 Å². The van der Waals surface area contributed by atoms with Crippen molar-refractivity contribution in [2.24, 2.45) is 0 Å². The molecule has 1 spiro atoms. The summed E-state index contributed by atoms with van der Waals surface area (Å²) in [6.45, 7) is 0. The molecule has 4 heterocycles. The van der Waals surface area contributed by atoms with Gasteiger partial charge in [-0.3, -0.25) is 0 Å². The summed E-state index contributed by atoms with van der Waals surface area (Å²) in [7, 11) is -2.75. The van der Waals surface area contributed by atoms with Gasteiger partial charge in [-0.2, -0.15) is 0 Å². The Hall–Kier alpha value is -5.84. The summed E-state index contributed by atoms with van der Waals surface area (Å²) in [4.78, 5) is 2.52. The van der Waals surface area contributed by atoms with Gasteiger partial charge in [-0.05, 0) is 69.3 Å². The van der Waals surface area contributed by atoms with Crippen LogP contribution in [0.3, 0.4) is 0 Å². The van der Waals surface area contributed by atoms with Crippen LogP contribution in [0, 0.1) is 0 Å². The molecule has 9 aromatic rings. The molecule has 2 aliphatic rings. The van der Waals surface area contributed by atoms with Gasteiger partial charge in [0.2, 0.25) is 0 Å². The number of hydrogen-bond acceptors (Lipinski definition) is 2. The zero-order valence-corrected chi connectivity index (χ0v) is 25.8. The van der Waals surface area contributed by atoms with Crippen molar-refractivity contribution >= 4 is 84.0 Å². The van der Waals surface area contributed by atoms with Crippen LogP contribution in [0.5, 0.6) is 11.5 Å². The number of rotatable bonds is 1. The Morgan fingerprint density at radius 1 is 0.413 bits per heavy atom. The lowest BCUT2D eigenvalue weighted by Crippen LogP contribution is -2.78. The van der Waals surface area contributed by atoms with Crippen molar-refractivity contribution in [1.29, 1.82) is 0 Å². The van der Waals surface area contributed by atoms with E-state index in [1.165, 1.54) is 75.9 Å². The quantitative estimate of drug-likeness (QED) is 0.177. The van der Waals surface area contributed by atoms with Crippen LogP contribution in [0.25, 0.3) is 38.1 Å². The minimum absolute atomic E-state index is 0.963. The van der Waals surface area contributed by atoms with E-state index in [2.05, 4.69) is 167 Å². The van der Waals surface area contributed by atoms with Gasteiger partial charge in [0.15, 0.2) is 8.07 Å². The number of anilines is 3. The van der Waals surface area contributed by atoms with Crippen molar-refractivity contribution < 1.29 is 4.74 Å². The molecule has 0 N–H and O–H groups in total. The second-order valence-corrected chi connectivity index (χ2v) is 16.1. The summed E-state index contributed by atoms with van der Waals surface area (Å²) in [6, 6.07) is 58.1. The maximum Gasteiger partial charge on any atom is 0.192 e. The van der Waals surface area contributed by atoms with Crippen molar-refractivity contribution in [3.63, 3.8) is 0 Å². The lowest BCUT2D eigenvalue weighted by molar-refractivity contribution is 0.487. The summed E-state index contributed by atoms with van der Waals surface area (Å²) >= 11 is 0. The molecule has 0 saturated heterocycles. The average molecular weight is 603 g/mol. The zero-order chi connectivity index (χ0) is 30.0. The summed E-state index contributed by atoms with van der Waals surface area (Å²) in [5.74, 6) is 1.93. The van der Waals surface area contributed by atoms with Gasteiger partial charge in [0.1, 0.15) is 11.5 Å². The average Bonchev–Trinajstić information content (AvgIpc) is 3.63. The van der Waals surface area contributed by atoms with Gasteiger partial charge in [-0.25, -0.2) is 0 Å². The number of hydrogen-bond donors (Lipinski definition) is 0. The molecule has 2 aliphatic heterocycles. The van der Waals surface area contributed by atoms with Gasteiger partial charge in [0.25, 0.3) is 0 Å². The topological polar surface area (TPSA) is 16.9 Å². The summed E-state index contributed by atoms with van der Waals surface area (Å²) in [6.07, 6.45) is 0. The maximum absolute atomic E-state index is 6.61. The van der Waals surface area contributed by atoms with E-state index in [-0.39, 0.29) is 0 Å². The fourth-order valence-electron chi connectivity index (χ4n) is 8.66. The fraction of sp³-hybridized carbons (Fsp3) is 0. The Balaban J connectivity index is 1.29. The molecule has 0 amide bonds. The Labute approximate surface area is 266 Å². The van der Waals surface area contributed by atoms with Crippen LogP contribution >= 0.6 is 0 Å². The number of nitrogens with zero attached hydrogens (tertiary/aromatic N) is 2. The molecule has 214 valence electrons. The first kappa shape index (κ1) is 24.5. The minimum atomic E-state index is -2.75. The molecule has 46 heavy (non-hydrogen) atoms. The third kappa shape index (κ3) is 2.84. The Morgan fingerprint density at radius 2 is 0.848 bits per heavy atom. The first-order valence-corrected chi connectivity index (χ1v) is 17.9. The van der Waals surface area contributed by atoms with Crippen LogP contribution in [0.1, 0.15) is 0 Å². The van der Waals surface area contributed by atoms with E-state index in [4.69, 9.17) is 4.74 Å². The molecule has 0 saturated carbocycles. The van der Waals surface area contributed by atoms with Crippen LogP contribution in [-0.4, -0.2) is 12.5 Å². The molecule has 0 aliphatic carbocycles.